The van der Waals surface area contributed by atoms with E-state index in [1.54, 1.807) is 11.8 Å². The molecular formula is C31H50N4O4S3+2. The molecule has 2 rings (SSSR count). The fraction of sp³-hybridized carbons (Fsp3) is 0.677. The Bertz CT molecular complexity index is 1020. The fourth-order valence-electron chi connectivity index (χ4n) is 4.98. The summed E-state index contributed by atoms with van der Waals surface area (Å²) in [6, 6.07) is 10.2. The summed E-state index contributed by atoms with van der Waals surface area (Å²) in [6.45, 7) is 23.8. The predicted octanol–water partition coefficient (Wildman–Crippen LogP) is 2.09. The van der Waals surface area contributed by atoms with E-state index in [2.05, 4.69) is 36.1 Å². The van der Waals surface area contributed by atoms with Crippen LogP contribution in [0.2, 0.25) is 0 Å². The van der Waals surface area contributed by atoms with Crippen molar-refractivity contribution < 1.29 is 28.9 Å². The molecule has 2 atom stereocenters. The van der Waals surface area contributed by atoms with Gasteiger partial charge in [0.05, 0.1) is 45.8 Å². The predicted molar refractivity (Wildman–Crippen MR) is 177 cm³/mol. The molecule has 1 aliphatic rings. The second-order valence-corrected chi connectivity index (χ2v) is 15.1. The summed E-state index contributed by atoms with van der Waals surface area (Å²) in [5.74, 6) is 0.389. The van der Waals surface area contributed by atoms with E-state index in [-0.39, 0.29) is 24.7 Å². The van der Waals surface area contributed by atoms with Gasteiger partial charge in [-0.2, -0.15) is 0 Å². The van der Waals surface area contributed by atoms with E-state index in [9.17, 15) is 9.59 Å². The van der Waals surface area contributed by atoms with Gasteiger partial charge < -0.3 is 29.4 Å². The molecule has 11 heteroatoms. The van der Waals surface area contributed by atoms with Crippen LogP contribution in [0.1, 0.15) is 52.5 Å². The molecule has 1 heterocycles. The highest BCUT2D eigenvalue weighted by atomic mass is 32.2. The van der Waals surface area contributed by atoms with Crippen LogP contribution in [0.4, 0.5) is 0 Å². The molecule has 2 unspecified atom stereocenters. The van der Waals surface area contributed by atoms with E-state index in [4.69, 9.17) is 28.3 Å². The summed E-state index contributed by atoms with van der Waals surface area (Å²) in [5.41, 5.74) is 0.325. The Morgan fingerprint density at radius 2 is 1.88 bits per heavy atom. The molecule has 42 heavy (non-hydrogen) atoms. The average molecular weight is 639 g/mol. The maximum atomic E-state index is 13.6. The molecule has 1 aromatic carbocycles. The highest BCUT2D eigenvalue weighted by Crippen LogP contribution is 2.41. The van der Waals surface area contributed by atoms with Crippen LogP contribution in [0.25, 0.3) is 4.85 Å². The first-order valence-corrected chi connectivity index (χ1v) is 17.3. The fourth-order valence-corrected chi connectivity index (χ4v) is 8.21. The van der Waals surface area contributed by atoms with Gasteiger partial charge in [-0.25, -0.2) is 6.57 Å². The molecule has 1 fully saturated rings. The number of hydrogen-bond donors (Lipinski definition) is 3. The number of nitrogens with zero attached hydrogens (tertiary/aromatic N) is 1. The van der Waals surface area contributed by atoms with E-state index in [0.717, 1.165) is 64.7 Å². The first-order valence-electron chi connectivity index (χ1n) is 15.1. The summed E-state index contributed by atoms with van der Waals surface area (Å²) in [5, 5.41) is 3.00. The molecule has 234 valence electrons. The summed E-state index contributed by atoms with van der Waals surface area (Å²) >= 11 is 8.60. The van der Waals surface area contributed by atoms with E-state index in [1.807, 2.05) is 32.0 Å². The van der Waals surface area contributed by atoms with Gasteiger partial charge in [-0.05, 0) is 32.8 Å². The number of nitrogens with one attached hydrogen (secondary N) is 3. The monoisotopic (exact) mass is 638 g/mol. The quantitative estimate of drug-likeness (QED) is 0.129. The smallest absolute Gasteiger partial charge is 0.322 e. The molecule has 1 amide bonds. The van der Waals surface area contributed by atoms with Gasteiger partial charge in [-0.3, -0.25) is 9.59 Å². The molecule has 0 spiro atoms. The van der Waals surface area contributed by atoms with Crippen LogP contribution in [0, 0.1) is 6.57 Å². The standard InChI is InChI=1S/C31H48N4O4S3/c1-6-34(7-2)20-23-39-28(37)31(4,42-29(40)41-24-14-26-11-9-8-10-12-26)25-30(3,32-5)15-13-27(36)33-16-17-35-18-21-38-22-19-35/h8-12H,6-7,13-25H2,1-4H3,(H,33,36)/p+2. The zero-order valence-electron chi connectivity index (χ0n) is 25.8. The Balaban J connectivity index is 1.98. The molecule has 1 aromatic rings. The number of morpholine rings is 1. The minimum Gasteiger partial charge on any atom is -0.459 e. The number of carbonyl (C=O) groups is 2. The number of carbonyl (C=O) groups excluding carboxylic acids is 2. The molecule has 3 N–H and O–H groups in total. The van der Waals surface area contributed by atoms with Crippen LogP contribution in [-0.4, -0.2) is 97.1 Å². The Labute approximate surface area is 266 Å². The van der Waals surface area contributed by atoms with Gasteiger partial charge in [0.1, 0.15) is 34.5 Å². The van der Waals surface area contributed by atoms with Crippen molar-refractivity contribution in [3.63, 3.8) is 0 Å². The Morgan fingerprint density at radius 3 is 2.52 bits per heavy atom. The first-order chi connectivity index (χ1) is 20.1. The van der Waals surface area contributed by atoms with Crippen LogP contribution >= 0.6 is 35.7 Å². The van der Waals surface area contributed by atoms with Gasteiger partial charge in [0.15, 0.2) is 0 Å². The Morgan fingerprint density at radius 1 is 1.19 bits per heavy atom. The number of aryl methyl sites for hydroxylation is 1. The maximum absolute atomic E-state index is 13.6. The molecule has 0 bridgehead atoms. The van der Waals surface area contributed by atoms with Crippen molar-refractivity contribution in [2.24, 2.45) is 0 Å². The second kappa shape index (κ2) is 19.6. The third kappa shape index (κ3) is 13.7. The molecule has 0 saturated carbocycles. The second-order valence-electron chi connectivity index (χ2n) is 11.3. The third-order valence-corrected chi connectivity index (χ3v) is 10.5. The summed E-state index contributed by atoms with van der Waals surface area (Å²) in [6.07, 6.45) is 1.71. The SMILES string of the molecule is [C-]#[N+]C(C)(CCC(=O)NCC[NH+]1CCOCC1)CC(C)(SC(=S)SCCc1ccccc1)C(=O)OCC[NH+](CC)CC. The number of esters is 1. The highest BCUT2D eigenvalue weighted by Gasteiger charge is 2.47. The number of thioether (sulfide) groups is 2. The molecule has 0 aliphatic carbocycles. The molecular weight excluding hydrogens is 589 g/mol. The lowest BCUT2D eigenvalue weighted by atomic mass is 9.86. The van der Waals surface area contributed by atoms with Gasteiger partial charge in [0.2, 0.25) is 11.4 Å². The van der Waals surface area contributed by atoms with Crippen molar-refractivity contribution in [3.8, 4) is 0 Å². The lowest BCUT2D eigenvalue weighted by Crippen LogP contribution is -3.14. The number of ether oxygens (including phenoxy) is 2. The number of hydrogen-bond acceptors (Lipinski definition) is 7. The topological polar surface area (TPSA) is 77.9 Å². The van der Waals surface area contributed by atoms with E-state index in [1.165, 1.54) is 27.1 Å². The van der Waals surface area contributed by atoms with Crippen molar-refractivity contribution >= 4 is 51.1 Å². The lowest BCUT2D eigenvalue weighted by Gasteiger charge is -2.31. The number of amides is 1. The van der Waals surface area contributed by atoms with Gasteiger partial charge >= 0.3 is 5.97 Å². The largest absolute Gasteiger partial charge is 0.459 e. The summed E-state index contributed by atoms with van der Waals surface area (Å²) in [7, 11) is 0. The van der Waals surface area contributed by atoms with E-state index >= 15 is 0 Å². The van der Waals surface area contributed by atoms with Gasteiger partial charge in [0.25, 0.3) is 0 Å². The van der Waals surface area contributed by atoms with Crippen LogP contribution in [0.15, 0.2) is 30.3 Å². The van der Waals surface area contributed by atoms with Gasteiger partial charge in [-0.15, -0.1) is 11.8 Å². The number of benzene rings is 1. The number of rotatable bonds is 18. The number of likely N-dealkylation sites (N-methyl/N-ethyl adjacent to an activating group) is 1. The first kappa shape index (κ1) is 36.5. The van der Waals surface area contributed by atoms with Crippen LogP contribution in [-0.2, 0) is 25.5 Å². The van der Waals surface area contributed by atoms with Gasteiger partial charge in [-0.1, -0.05) is 54.3 Å². The van der Waals surface area contributed by atoms with Crippen molar-refractivity contribution in [3.05, 3.63) is 47.3 Å². The maximum Gasteiger partial charge on any atom is 0.322 e. The lowest BCUT2D eigenvalue weighted by molar-refractivity contribution is -0.906. The summed E-state index contributed by atoms with van der Waals surface area (Å²) in [4.78, 5) is 32.9. The Hall–Kier alpha value is -1.68. The van der Waals surface area contributed by atoms with Crippen molar-refractivity contribution in [2.45, 2.75) is 63.7 Å². The molecule has 8 nitrogen and oxygen atoms in total. The molecule has 0 radical (unpaired) electrons. The van der Waals surface area contributed by atoms with Crippen molar-refractivity contribution in [1.29, 1.82) is 0 Å². The van der Waals surface area contributed by atoms with Crippen LogP contribution < -0.4 is 15.1 Å². The van der Waals surface area contributed by atoms with Gasteiger partial charge in [0, 0.05) is 25.5 Å². The minimum absolute atomic E-state index is 0.0661. The third-order valence-electron chi connectivity index (χ3n) is 7.76. The zero-order chi connectivity index (χ0) is 30.8. The molecule has 1 aliphatic heterocycles. The van der Waals surface area contributed by atoms with E-state index < -0.39 is 10.3 Å². The minimum atomic E-state index is -1.04. The van der Waals surface area contributed by atoms with Crippen molar-refractivity contribution in [1.82, 2.24) is 5.32 Å². The normalized spacial score (nSPS) is 16.7. The highest BCUT2D eigenvalue weighted by molar-refractivity contribution is 8.47. The number of thiocarbonyl (C=S) groups is 1. The van der Waals surface area contributed by atoms with Crippen LogP contribution in [0.3, 0.4) is 0 Å². The molecule has 1 saturated heterocycles. The van der Waals surface area contributed by atoms with Crippen LogP contribution in [0.5, 0.6) is 0 Å². The summed E-state index contributed by atoms with van der Waals surface area (Å²) < 4.78 is 10.8. The van der Waals surface area contributed by atoms with Crippen molar-refractivity contribution in [2.75, 3.05) is 71.4 Å². The average Bonchev–Trinajstić information content (AvgIpc) is 2.99. The zero-order valence-corrected chi connectivity index (χ0v) is 28.2. The molecule has 0 aromatic heterocycles. The van der Waals surface area contributed by atoms with E-state index in [0.29, 0.717) is 23.1 Å². The Kier molecular flexibility index (Phi) is 17.0. The number of quaternary nitrogens is 2.